The third-order valence-electron chi connectivity index (χ3n) is 3.32. The minimum Gasteiger partial charge on any atom is -0.311 e. The Kier molecular flexibility index (Phi) is 2.11. The van der Waals surface area contributed by atoms with Crippen LogP contribution in [0.15, 0.2) is 9.98 Å². The highest BCUT2D eigenvalue weighted by Gasteiger charge is 2.34. The maximum absolute atomic E-state index is 4.73. The maximum atomic E-state index is 4.73. The molecule has 0 N–H and O–H groups in total. The molecule has 0 saturated carbocycles. The van der Waals surface area contributed by atoms with Gasteiger partial charge in [-0.15, -0.1) is 0 Å². The minimum absolute atomic E-state index is 0.335. The van der Waals surface area contributed by atoms with Gasteiger partial charge in [-0.1, -0.05) is 0 Å². The molecule has 0 radical (unpaired) electrons. The van der Waals surface area contributed by atoms with Crippen molar-refractivity contribution in [3.8, 4) is 0 Å². The standard InChI is InChI=1S/C12H17N5/c1-5-17-11-10(8(3)15-17)14-9(4)16-6-7(2)13-12(11)16/h7H,5-6H2,1-4H3. The molecule has 5 nitrogen and oxygen atoms in total. The summed E-state index contributed by atoms with van der Waals surface area (Å²) >= 11 is 0. The molecule has 2 aliphatic rings. The van der Waals surface area contributed by atoms with Crippen LogP contribution in [-0.2, 0) is 6.54 Å². The number of aliphatic imine (C=N–C) groups is 2. The summed E-state index contributed by atoms with van der Waals surface area (Å²) in [5, 5.41) is 4.53. The van der Waals surface area contributed by atoms with Crippen LogP contribution in [0.3, 0.4) is 0 Å². The van der Waals surface area contributed by atoms with Gasteiger partial charge in [0.05, 0.1) is 11.7 Å². The van der Waals surface area contributed by atoms with Crippen LogP contribution in [-0.4, -0.2) is 38.9 Å². The van der Waals surface area contributed by atoms with Gasteiger partial charge >= 0.3 is 0 Å². The molecular weight excluding hydrogens is 214 g/mol. The molecular formula is C12H17N5. The van der Waals surface area contributed by atoms with Crippen molar-refractivity contribution in [3.05, 3.63) is 11.4 Å². The molecule has 90 valence electrons. The Balaban J connectivity index is 2.26. The Morgan fingerprint density at radius 3 is 2.82 bits per heavy atom. The van der Waals surface area contributed by atoms with Gasteiger partial charge in [-0.25, -0.2) is 4.99 Å². The molecule has 0 spiro atoms. The summed E-state index contributed by atoms with van der Waals surface area (Å²) < 4.78 is 2.00. The van der Waals surface area contributed by atoms with Gasteiger partial charge in [-0.3, -0.25) is 9.67 Å². The van der Waals surface area contributed by atoms with Gasteiger partial charge < -0.3 is 4.90 Å². The monoisotopic (exact) mass is 231 g/mol. The summed E-state index contributed by atoms with van der Waals surface area (Å²) in [6, 6.07) is 0.335. The van der Waals surface area contributed by atoms with E-state index in [-0.39, 0.29) is 0 Å². The number of hydrogen-bond donors (Lipinski definition) is 0. The highest BCUT2D eigenvalue weighted by Crippen LogP contribution is 2.32. The molecule has 0 saturated heterocycles. The van der Waals surface area contributed by atoms with Crippen molar-refractivity contribution in [2.45, 2.75) is 40.3 Å². The highest BCUT2D eigenvalue weighted by atomic mass is 15.4. The van der Waals surface area contributed by atoms with Gasteiger partial charge in [0, 0.05) is 13.1 Å². The van der Waals surface area contributed by atoms with Crippen LogP contribution >= 0.6 is 0 Å². The SMILES string of the molecule is CCn1nc(C)c2c1C1=NC(C)CN1C(C)=N2. The topological polar surface area (TPSA) is 45.8 Å². The summed E-state index contributed by atoms with van der Waals surface area (Å²) in [5.74, 6) is 2.07. The minimum atomic E-state index is 0.335. The molecule has 1 atom stereocenters. The van der Waals surface area contributed by atoms with E-state index in [1.54, 1.807) is 0 Å². The zero-order chi connectivity index (χ0) is 12.2. The third kappa shape index (κ3) is 1.34. The molecule has 17 heavy (non-hydrogen) atoms. The van der Waals surface area contributed by atoms with Crippen LogP contribution in [0.4, 0.5) is 5.69 Å². The first-order valence-electron chi connectivity index (χ1n) is 6.10. The van der Waals surface area contributed by atoms with Gasteiger partial charge in [-0.2, -0.15) is 5.10 Å². The molecule has 0 aliphatic carbocycles. The fraction of sp³-hybridized carbons (Fsp3) is 0.583. The smallest absolute Gasteiger partial charge is 0.157 e. The second kappa shape index (κ2) is 3.42. The summed E-state index contributed by atoms with van der Waals surface area (Å²) in [6.45, 7) is 10.1. The van der Waals surface area contributed by atoms with Crippen molar-refractivity contribution < 1.29 is 0 Å². The predicted octanol–water partition coefficient (Wildman–Crippen LogP) is 1.73. The molecule has 1 unspecified atom stereocenters. The Labute approximate surface area is 101 Å². The van der Waals surface area contributed by atoms with E-state index < -0.39 is 0 Å². The van der Waals surface area contributed by atoms with Gasteiger partial charge in [0.25, 0.3) is 0 Å². The lowest BCUT2D eigenvalue weighted by molar-refractivity contribution is 0.583. The van der Waals surface area contributed by atoms with E-state index in [9.17, 15) is 0 Å². The molecule has 0 bridgehead atoms. The summed E-state index contributed by atoms with van der Waals surface area (Å²) in [4.78, 5) is 11.6. The molecule has 1 aromatic rings. The fourth-order valence-corrected chi connectivity index (χ4v) is 2.52. The van der Waals surface area contributed by atoms with Crippen molar-refractivity contribution in [3.63, 3.8) is 0 Å². The first-order chi connectivity index (χ1) is 8.11. The largest absolute Gasteiger partial charge is 0.311 e. The lowest BCUT2D eigenvalue weighted by atomic mass is 10.2. The average Bonchev–Trinajstić information content (AvgIpc) is 2.80. The van der Waals surface area contributed by atoms with E-state index in [4.69, 9.17) is 4.99 Å². The fourth-order valence-electron chi connectivity index (χ4n) is 2.52. The van der Waals surface area contributed by atoms with E-state index >= 15 is 0 Å². The molecule has 0 fully saturated rings. The summed E-state index contributed by atoms with van der Waals surface area (Å²) in [6.07, 6.45) is 0. The number of aryl methyl sites for hydroxylation is 2. The molecule has 3 rings (SSSR count). The summed E-state index contributed by atoms with van der Waals surface area (Å²) in [5.41, 5.74) is 3.07. The molecule has 1 aromatic heterocycles. The van der Waals surface area contributed by atoms with Crippen molar-refractivity contribution >= 4 is 17.4 Å². The lowest BCUT2D eigenvalue weighted by Crippen LogP contribution is -2.37. The van der Waals surface area contributed by atoms with E-state index in [1.165, 1.54) is 0 Å². The molecule has 5 heteroatoms. The number of nitrogens with zero attached hydrogens (tertiary/aromatic N) is 5. The third-order valence-corrected chi connectivity index (χ3v) is 3.32. The van der Waals surface area contributed by atoms with Crippen LogP contribution in [0.25, 0.3) is 0 Å². The van der Waals surface area contributed by atoms with Crippen molar-refractivity contribution in [1.82, 2.24) is 14.7 Å². The second-order valence-corrected chi connectivity index (χ2v) is 4.67. The van der Waals surface area contributed by atoms with Crippen LogP contribution in [0.5, 0.6) is 0 Å². The van der Waals surface area contributed by atoms with Gasteiger partial charge in [0.15, 0.2) is 5.84 Å². The van der Waals surface area contributed by atoms with E-state index in [0.717, 1.165) is 41.8 Å². The lowest BCUT2D eigenvalue weighted by Gasteiger charge is -2.24. The summed E-state index contributed by atoms with van der Waals surface area (Å²) in [7, 11) is 0. The zero-order valence-corrected chi connectivity index (χ0v) is 10.7. The van der Waals surface area contributed by atoms with Crippen molar-refractivity contribution in [2.75, 3.05) is 6.54 Å². The number of aromatic nitrogens is 2. The van der Waals surface area contributed by atoms with Crippen LogP contribution < -0.4 is 0 Å². The van der Waals surface area contributed by atoms with Crippen molar-refractivity contribution in [2.24, 2.45) is 9.98 Å². The average molecular weight is 231 g/mol. The van der Waals surface area contributed by atoms with Crippen LogP contribution in [0, 0.1) is 6.92 Å². The predicted molar refractivity (Wildman–Crippen MR) is 68.1 cm³/mol. The first-order valence-corrected chi connectivity index (χ1v) is 6.10. The molecule has 0 aromatic carbocycles. The van der Waals surface area contributed by atoms with Gasteiger partial charge in [-0.05, 0) is 27.7 Å². The Bertz CT molecular complexity index is 537. The van der Waals surface area contributed by atoms with Gasteiger partial charge in [0.2, 0.25) is 0 Å². The number of rotatable bonds is 1. The van der Waals surface area contributed by atoms with Crippen molar-refractivity contribution in [1.29, 1.82) is 0 Å². The zero-order valence-electron chi connectivity index (χ0n) is 10.7. The first kappa shape index (κ1) is 10.5. The molecule has 3 heterocycles. The second-order valence-electron chi connectivity index (χ2n) is 4.67. The Morgan fingerprint density at radius 2 is 2.12 bits per heavy atom. The molecule has 2 aliphatic heterocycles. The number of fused-ring (bicyclic) bond motifs is 3. The van der Waals surface area contributed by atoms with Crippen LogP contribution in [0.1, 0.15) is 32.2 Å². The maximum Gasteiger partial charge on any atom is 0.157 e. The highest BCUT2D eigenvalue weighted by molar-refractivity contribution is 6.15. The van der Waals surface area contributed by atoms with Crippen LogP contribution in [0.2, 0.25) is 0 Å². The van der Waals surface area contributed by atoms with E-state index in [0.29, 0.717) is 6.04 Å². The normalized spacial score (nSPS) is 22.1. The number of amidine groups is 2. The van der Waals surface area contributed by atoms with E-state index in [1.807, 2.05) is 18.5 Å². The van der Waals surface area contributed by atoms with E-state index in [2.05, 4.69) is 28.8 Å². The van der Waals surface area contributed by atoms with Gasteiger partial charge in [0.1, 0.15) is 17.2 Å². The number of hydrogen-bond acceptors (Lipinski definition) is 4. The Hall–Kier alpha value is -1.65. The quantitative estimate of drug-likeness (QED) is 0.739. The Morgan fingerprint density at radius 1 is 1.35 bits per heavy atom. The molecule has 0 amide bonds.